The van der Waals surface area contributed by atoms with E-state index in [-0.39, 0.29) is 0 Å². The largest absolute Gasteiger partial charge is 0.248 e. The molecule has 1 nitrogen and oxygen atoms in total. The van der Waals surface area contributed by atoms with Crippen molar-refractivity contribution in [3.63, 3.8) is 0 Å². The lowest BCUT2D eigenvalue weighted by Gasteiger charge is -2.08. The normalized spacial score (nSPS) is 11.1. The summed E-state index contributed by atoms with van der Waals surface area (Å²) in [7, 11) is 0. The van der Waals surface area contributed by atoms with Crippen molar-refractivity contribution in [2.24, 2.45) is 0 Å². The molecule has 4 heteroatoms. The number of hydrogen-bond acceptors (Lipinski definition) is 1. The van der Waals surface area contributed by atoms with Crippen LogP contribution in [0.4, 0.5) is 0 Å². The van der Waals surface area contributed by atoms with Crippen molar-refractivity contribution in [2.45, 2.75) is 0 Å². The van der Waals surface area contributed by atoms with Crippen molar-refractivity contribution >= 4 is 47.0 Å². The Kier molecular flexibility index (Phi) is 6.01. The van der Waals surface area contributed by atoms with Crippen LogP contribution in [0, 0.1) is 0 Å². The van der Waals surface area contributed by atoms with Gasteiger partial charge in [-0.25, -0.2) is 4.98 Å². The zero-order valence-corrected chi connectivity index (χ0v) is 17.6. The highest BCUT2D eigenvalue weighted by Gasteiger charge is 2.07. The molecule has 4 aromatic rings. The van der Waals surface area contributed by atoms with Crippen molar-refractivity contribution in [2.75, 3.05) is 0 Å². The molecule has 3 aromatic carbocycles. The molecule has 0 N–H and O–H groups in total. The van der Waals surface area contributed by atoms with Gasteiger partial charge in [-0.15, -0.1) is 0 Å². The van der Waals surface area contributed by atoms with Gasteiger partial charge in [-0.2, -0.15) is 0 Å². The Morgan fingerprint density at radius 1 is 0.483 bits per heavy atom. The van der Waals surface area contributed by atoms with Crippen LogP contribution in [-0.2, 0) is 0 Å². The molecule has 0 aliphatic carbocycles. The highest BCUT2D eigenvalue weighted by molar-refractivity contribution is 6.31. The van der Waals surface area contributed by atoms with Crippen molar-refractivity contribution < 1.29 is 0 Å². The molecule has 0 unspecified atom stereocenters. The number of halogens is 3. The van der Waals surface area contributed by atoms with Gasteiger partial charge in [0.1, 0.15) is 0 Å². The first-order valence-corrected chi connectivity index (χ1v) is 10.2. The van der Waals surface area contributed by atoms with Gasteiger partial charge in [-0.1, -0.05) is 83.4 Å². The van der Waals surface area contributed by atoms with E-state index in [2.05, 4.69) is 24.3 Å². The molecule has 0 aliphatic heterocycles. The fourth-order valence-electron chi connectivity index (χ4n) is 2.95. The molecule has 4 rings (SSSR count). The van der Waals surface area contributed by atoms with Crippen LogP contribution in [0.5, 0.6) is 0 Å². The van der Waals surface area contributed by atoms with Crippen LogP contribution < -0.4 is 0 Å². The second-order valence-corrected chi connectivity index (χ2v) is 7.88. The van der Waals surface area contributed by atoms with E-state index < -0.39 is 0 Å². The van der Waals surface area contributed by atoms with E-state index >= 15 is 0 Å². The number of aromatic nitrogens is 1. The number of benzene rings is 3. The van der Waals surface area contributed by atoms with Crippen LogP contribution >= 0.6 is 34.8 Å². The van der Waals surface area contributed by atoms with Crippen LogP contribution in [0.15, 0.2) is 84.9 Å². The van der Waals surface area contributed by atoms with Gasteiger partial charge < -0.3 is 0 Å². The first kappa shape index (κ1) is 19.7. The van der Waals surface area contributed by atoms with E-state index in [1.54, 1.807) is 0 Å². The van der Waals surface area contributed by atoms with E-state index in [0.29, 0.717) is 10.0 Å². The molecule has 1 heterocycles. The highest BCUT2D eigenvalue weighted by atomic mass is 35.5. The minimum absolute atomic E-state index is 0.700. The predicted octanol–water partition coefficient (Wildman–Crippen LogP) is 8.55. The van der Waals surface area contributed by atoms with Gasteiger partial charge in [0.05, 0.1) is 11.4 Å². The molecule has 0 fully saturated rings. The topological polar surface area (TPSA) is 12.9 Å². The zero-order valence-electron chi connectivity index (χ0n) is 15.3. The molecule has 0 saturated carbocycles. The van der Waals surface area contributed by atoms with Crippen LogP contribution in [0.25, 0.3) is 34.7 Å². The molecule has 0 spiro atoms. The van der Waals surface area contributed by atoms with Gasteiger partial charge >= 0.3 is 0 Å². The smallest absolute Gasteiger partial charge is 0.0715 e. The minimum atomic E-state index is 0.700. The SMILES string of the molecule is Clc1ccc(/C=C/c2cc(-c3ccc(Cl)cc3)nc(-c3ccc(Cl)cc3)c2)cc1. The van der Waals surface area contributed by atoms with Crippen molar-refractivity contribution in [3.05, 3.63) is 111 Å². The maximum Gasteiger partial charge on any atom is 0.0715 e. The van der Waals surface area contributed by atoms with Gasteiger partial charge in [0.25, 0.3) is 0 Å². The second-order valence-electron chi connectivity index (χ2n) is 6.57. The third-order valence-electron chi connectivity index (χ3n) is 4.47. The Bertz CT molecular complexity index is 1080. The Hall–Kier alpha value is -2.58. The zero-order chi connectivity index (χ0) is 20.2. The number of hydrogen-bond donors (Lipinski definition) is 0. The highest BCUT2D eigenvalue weighted by Crippen LogP contribution is 2.27. The number of rotatable bonds is 4. The summed E-state index contributed by atoms with van der Waals surface area (Å²) in [6, 6.07) is 27.3. The van der Waals surface area contributed by atoms with E-state index in [0.717, 1.165) is 38.7 Å². The average Bonchev–Trinajstić information content (AvgIpc) is 2.74. The fourth-order valence-corrected chi connectivity index (χ4v) is 3.33. The summed E-state index contributed by atoms with van der Waals surface area (Å²) >= 11 is 18.1. The lowest BCUT2D eigenvalue weighted by molar-refractivity contribution is 1.32. The first-order chi connectivity index (χ1) is 14.1. The Morgan fingerprint density at radius 3 is 1.31 bits per heavy atom. The van der Waals surface area contributed by atoms with Gasteiger partial charge in [-0.3, -0.25) is 0 Å². The standard InChI is InChI=1S/C25H16Cl3N/c26-21-9-3-17(4-10-21)1-2-18-15-24(19-5-11-22(27)12-6-19)29-25(16-18)20-7-13-23(28)14-8-20/h1-16H/b2-1+. The molecule has 142 valence electrons. The summed E-state index contributed by atoms with van der Waals surface area (Å²) < 4.78 is 0. The van der Waals surface area contributed by atoms with Crippen LogP contribution in [0.2, 0.25) is 15.1 Å². The molecular weight excluding hydrogens is 421 g/mol. The van der Waals surface area contributed by atoms with Crippen LogP contribution in [0.3, 0.4) is 0 Å². The summed E-state index contributed by atoms with van der Waals surface area (Å²) in [6.07, 6.45) is 4.13. The van der Waals surface area contributed by atoms with E-state index in [4.69, 9.17) is 39.8 Å². The van der Waals surface area contributed by atoms with E-state index in [1.807, 2.05) is 72.8 Å². The lowest BCUT2D eigenvalue weighted by atomic mass is 10.0. The Morgan fingerprint density at radius 2 is 0.862 bits per heavy atom. The van der Waals surface area contributed by atoms with Gasteiger partial charge in [0, 0.05) is 26.2 Å². The number of pyridine rings is 1. The molecule has 29 heavy (non-hydrogen) atoms. The van der Waals surface area contributed by atoms with Crippen molar-refractivity contribution in [3.8, 4) is 22.5 Å². The summed E-state index contributed by atoms with van der Waals surface area (Å²) in [5.41, 5.74) is 5.89. The molecule has 0 radical (unpaired) electrons. The molecule has 0 bridgehead atoms. The molecule has 0 aliphatic rings. The Labute approximate surface area is 185 Å². The Balaban J connectivity index is 1.77. The average molecular weight is 437 g/mol. The summed E-state index contributed by atoms with van der Waals surface area (Å²) in [6.45, 7) is 0. The molecule has 1 aromatic heterocycles. The number of nitrogens with zero attached hydrogens (tertiary/aromatic N) is 1. The molecule has 0 saturated heterocycles. The summed E-state index contributed by atoms with van der Waals surface area (Å²) in [5.74, 6) is 0. The van der Waals surface area contributed by atoms with E-state index in [9.17, 15) is 0 Å². The minimum Gasteiger partial charge on any atom is -0.248 e. The van der Waals surface area contributed by atoms with Gasteiger partial charge in [-0.05, 0) is 59.7 Å². The predicted molar refractivity (Wildman–Crippen MR) is 126 cm³/mol. The summed E-state index contributed by atoms with van der Waals surface area (Å²) in [5, 5.41) is 2.12. The van der Waals surface area contributed by atoms with E-state index in [1.165, 1.54) is 0 Å². The monoisotopic (exact) mass is 435 g/mol. The summed E-state index contributed by atoms with van der Waals surface area (Å²) in [4.78, 5) is 4.86. The maximum absolute atomic E-state index is 6.05. The van der Waals surface area contributed by atoms with Crippen molar-refractivity contribution in [1.82, 2.24) is 4.98 Å². The first-order valence-electron chi connectivity index (χ1n) is 9.04. The quantitative estimate of drug-likeness (QED) is 0.312. The van der Waals surface area contributed by atoms with Gasteiger partial charge in [0.15, 0.2) is 0 Å². The van der Waals surface area contributed by atoms with Crippen LogP contribution in [0.1, 0.15) is 11.1 Å². The fraction of sp³-hybridized carbons (Fsp3) is 0. The second kappa shape index (κ2) is 8.84. The third kappa shape index (κ3) is 5.07. The maximum atomic E-state index is 6.05. The molecule has 0 amide bonds. The molecular formula is C25H16Cl3N. The van der Waals surface area contributed by atoms with Crippen LogP contribution in [-0.4, -0.2) is 4.98 Å². The lowest BCUT2D eigenvalue weighted by Crippen LogP contribution is -1.90. The molecule has 0 atom stereocenters. The third-order valence-corrected chi connectivity index (χ3v) is 5.22. The van der Waals surface area contributed by atoms with Gasteiger partial charge in [0.2, 0.25) is 0 Å². The van der Waals surface area contributed by atoms with Crippen molar-refractivity contribution in [1.29, 1.82) is 0 Å².